The smallest absolute Gasteiger partial charge is 0.305 e. The summed E-state index contributed by atoms with van der Waals surface area (Å²) in [5, 5.41) is 11.7. The third kappa shape index (κ3) is 6.63. The van der Waals surface area contributed by atoms with Crippen LogP contribution in [0, 0.1) is 5.92 Å². The molecule has 1 rings (SSSR count). The molecule has 0 radical (unpaired) electrons. The number of amides is 1. The van der Waals surface area contributed by atoms with Crippen LogP contribution in [0.1, 0.15) is 38.1 Å². The molecule has 1 heterocycles. The molecule has 118 valence electrons. The second-order valence-corrected chi connectivity index (χ2v) is 6.22. The van der Waals surface area contributed by atoms with Crippen LogP contribution in [-0.4, -0.2) is 35.2 Å². The van der Waals surface area contributed by atoms with Gasteiger partial charge in [-0.3, -0.25) is 14.9 Å². The Bertz CT molecular complexity index is 476. The van der Waals surface area contributed by atoms with E-state index < -0.39 is 6.04 Å². The molecule has 1 aromatic heterocycles. The van der Waals surface area contributed by atoms with Crippen molar-refractivity contribution in [1.82, 2.24) is 10.2 Å². The van der Waals surface area contributed by atoms with Gasteiger partial charge in [-0.05, 0) is 18.8 Å². The average molecular weight is 314 g/mol. The van der Waals surface area contributed by atoms with E-state index in [1.165, 1.54) is 18.4 Å². The summed E-state index contributed by atoms with van der Waals surface area (Å²) >= 11 is 1.29. The molecule has 0 aliphatic carbocycles. The number of anilines is 1. The number of hydrogen-bond acceptors (Lipinski definition) is 7. The number of rotatable bonds is 8. The van der Waals surface area contributed by atoms with Crippen molar-refractivity contribution in [2.45, 2.75) is 45.6 Å². The second kappa shape index (κ2) is 8.68. The molecule has 0 saturated heterocycles. The maximum absolute atomic E-state index is 11.8. The van der Waals surface area contributed by atoms with Crippen molar-refractivity contribution >= 4 is 28.3 Å². The van der Waals surface area contributed by atoms with Crippen LogP contribution in [0.25, 0.3) is 0 Å². The predicted molar refractivity (Wildman–Crippen MR) is 80.9 cm³/mol. The lowest BCUT2D eigenvalue weighted by Gasteiger charge is -2.12. The van der Waals surface area contributed by atoms with Gasteiger partial charge in [0.05, 0.1) is 13.2 Å². The minimum Gasteiger partial charge on any atom is -0.469 e. The highest BCUT2D eigenvalue weighted by atomic mass is 32.1. The first kappa shape index (κ1) is 17.5. The number of nitrogens with one attached hydrogen (secondary N) is 1. The molecule has 7 nitrogen and oxygen atoms in total. The summed E-state index contributed by atoms with van der Waals surface area (Å²) in [5.74, 6) is -0.136. The maximum atomic E-state index is 11.8. The van der Waals surface area contributed by atoms with Crippen molar-refractivity contribution in [1.29, 1.82) is 0 Å². The van der Waals surface area contributed by atoms with E-state index in [4.69, 9.17) is 5.73 Å². The third-order valence-corrected chi connectivity index (χ3v) is 3.66. The van der Waals surface area contributed by atoms with Crippen LogP contribution in [0.15, 0.2) is 0 Å². The first-order valence-corrected chi connectivity index (χ1v) is 7.69. The minimum absolute atomic E-state index is 0.243. The zero-order valence-corrected chi connectivity index (χ0v) is 13.4. The molecule has 0 unspecified atom stereocenters. The first-order chi connectivity index (χ1) is 9.92. The summed E-state index contributed by atoms with van der Waals surface area (Å²) in [5.41, 5.74) is 5.79. The highest BCUT2D eigenvalue weighted by Crippen LogP contribution is 2.17. The number of aromatic nitrogens is 2. The lowest BCUT2D eigenvalue weighted by Crippen LogP contribution is -2.36. The van der Waals surface area contributed by atoms with Gasteiger partial charge in [-0.1, -0.05) is 25.2 Å². The summed E-state index contributed by atoms with van der Waals surface area (Å²) in [6, 6.07) is -0.545. The summed E-state index contributed by atoms with van der Waals surface area (Å²) in [6.07, 6.45) is 2.23. The fourth-order valence-electron chi connectivity index (χ4n) is 1.70. The van der Waals surface area contributed by atoms with E-state index in [-0.39, 0.29) is 11.9 Å². The SMILES string of the molecule is COC(=O)CCCc1nnc(NC(=O)[C@@H](N)CC(C)C)s1. The molecule has 0 spiro atoms. The second-order valence-electron chi connectivity index (χ2n) is 5.16. The van der Waals surface area contributed by atoms with Gasteiger partial charge in [0.15, 0.2) is 0 Å². The molecule has 0 aliphatic heterocycles. The van der Waals surface area contributed by atoms with E-state index >= 15 is 0 Å². The van der Waals surface area contributed by atoms with Crippen LogP contribution < -0.4 is 11.1 Å². The Labute approximate surface area is 128 Å². The molecule has 8 heteroatoms. The average Bonchev–Trinajstić information content (AvgIpc) is 2.85. The standard InChI is InChI=1S/C13H22N4O3S/c1-8(2)7-9(14)12(19)15-13-17-16-10(21-13)5-4-6-11(18)20-3/h8-9H,4-7,14H2,1-3H3,(H,15,17,19)/t9-/m0/s1. The summed E-state index contributed by atoms with van der Waals surface area (Å²) < 4.78 is 4.56. The van der Waals surface area contributed by atoms with E-state index in [2.05, 4.69) is 20.3 Å². The molecule has 1 amide bonds. The normalized spacial score (nSPS) is 12.2. The lowest BCUT2D eigenvalue weighted by atomic mass is 10.0. The van der Waals surface area contributed by atoms with E-state index in [1.54, 1.807) is 0 Å². The fourth-order valence-corrected chi connectivity index (χ4v) is 2.49. The van der Waals surface area contributed by atoms with Gasteiger partial charge in [0, 0.05) is 12.8 Å². The number of carbonyl (C=O) groups excluding carboxylic acids is 2. The monoisotopic (exact) mass is 314 g/mol. The molecule has 0 bridgehead atoms. The zero-order valence-electron chi connectivity index (χ0n) is 12.6. The van der Waals surface area contributed by atoms with Gasteiger partial charge < -0.3 is 10.5 Å². The Morgan fingerprint density at radius 2 is 2.10 bits per heavy atom. The highest BCUT2D eigenvalue weighted by Gasteiger charge is 2.17. The van der Waals surface area contributed by atoms with Crippen LogP contribution in [-0.2, 0) is 20.7 Å². The van der Waals surface area contributed by atoms with Gasteiger partial charge in [-0.25, -0.2) is 0 Å². The Hall–Kier alpha value is -1.54. The van der Waals surface area contributed by atoms with E-state index in [1.807, 2.05) is 13.8 Å². The Morgan fingerprint density at radius 1 is 1.38 bits per heavy atom. The molecule has 3 N–H and O–H groups in total. The van der Waals surface area contributed by atoms with Crippen LogP contribution in [0.3, 0.4) is 0 Å². The number of nitrogens with two attached hydrogens (primary N) is 1. The Morgan fingerprint density at radius 3 is 2.71 bits per heavy atom. The topological polar surface area (TPSA) is 107 Å². The largest absolute Gasteiger partial charge is 0.469 e. The summed E-state index contributed by atoms with van der Waals surface area (Å²) in [7, 11) is 1.36. The molecule has 0 saturated carbocycles. The molecule has 1 atom stereocenters. The van der Waals surface area contributed by atoms with Crippen molar-refractivity contribution in [2.24, 2.45) is 11.7 Å². The zero-order chi connectivity index (χ0) is 15.8. The van der Waals surface area contributed by atoms with Gasteiger partial charge >= 0.3 is 5.97 Å². The van der Waals surface area contributed by atoms with Crippen LogP contribution >= 0.6 is 11.3 Å². The maximum Gasteiger partial charge on any atom is 0.305 e. The number of methoxy groups -OCH3 is 1. The highest BCUT2D eigenvalue weighted by molar-refractivity contribution is 7.15. The van der Waals surface area contributed by atoms with E-state index in [9.17, 15) is 9.59 Å². The minimum atomic E-state index is -0.545. The third-order valence-electron chi connectivity index (χ3n) is 2.76. The first-order valence-electron chi connectivity index (χ1n) is 6.88. The Kier molecular flexibility index (Phi) is 7.24. The van der Waals surface area contributed by atoms with Gasteiger partial charge in [0.2, 0.25) is 11.0 Å². The van der Waals surface area contributed by atoms with Gasteiger partial charge in [0.1, 0.15) is 5.01 Å². The quantitative estimate of drug-likeness (QED) is 0.701. The Balaban J connectivity index is 2.41. The van der Waals surface area contributed by atoms with Crippen molar-refractivity contribution in [2.75, 3.05) is 12.4 Å². The molecule has 0 aliphatic rings. The number of esters is 1. The van der Waals surface area contributed by atoms with Crippen LogP contribution in [0.5, 0.6) is 0 Å². The van der Waals surface area contributed by atoms with Gasteiger partial charge in [-0.2, -0.15) is 0 Å². The summed E-state index contributed by atoms with van der Waals surface area (Å²) in [4.78, 5) is 22.8. The molecular formula is C13H22N4O3S. The van der Waals surface area contributed by atoms with E-state index in [0.717, 1.165) is 5.01 Å². The van der Waals surface area contributed by atoms with Crippen molar-refractivity contribution in [3.63, 3.8) is 0 Å². The van der Waals surface area contributed by atoms with Crippen LogP contribution in [0.2, 0.25) is 0 Å². The number of carbonyl (C=O) groups is 2. The number of aryl methyl sites for hydroxylation is 1. The number of hydrogen-bond donors (Lipinski definition) is 2. The van der Waals surface area contributed by atoms with Crippen LogP contribution in [0.4, 0.5) is 5.13 Å². The van der Waals surface area contributed by atoms with Crippen molar-refractivity contribution in [3.05, 3.63) is 5.01 Å². The van der Waals surface area contributed by atoms with Crippen molar-refractivity contribution < 1.29 is 14.3 Å². The predicted octanol–water partition coefficient (Wildman–Crippen LogP) is 1.35. The molecule has 21 heavy (non-hydrogen) atoms. The lowest BCUT2D eigenvalue weighted by molar-refractivity contribution is -0.140. The number of ether oxygens (including phenoxy) is 1. The van der Waals surface area contributed by atoms with Crippen molar-refractivity contribution in [3.8, 4) is 0 Å². The van der Waals surface area contributed by atoms with Gasteiger partial charge in [-0.15, -0.1) is 10.2 Å². The molecular weight excluding hydrogens is 292 g/mol. The molecule has 0 aromatic carbocycles. The fraction of sp³-hybridized carbons (Fsp3) is 0.692. The van der Waals surface area contributed by atoms with Gasteiger partial charge in [0.25, 0.3) is 0 Å². The van der Waals surface area contributed by atoms with E-state index in [0.29, 0.717) is 36.7 Å². The number of nitrogens with zero attached hydrogens (tertiary/aromatic N) is 2. The summed E-state index contributed by atoms with van der Waals surface area (Å²) in [6.45, 7) is 4.02. The molecule has 0 fully saturated rings. The molecule has 1 aromatic rings.